The fourth-order valence-corrected chi connectivity index (χ4v) is 4.45. The van der Waals surface area contributed by atoms with Gasteiger partial charge < -0.3 is 15.8 Å². The minimum absolute atomic E-state index is 0.127. The van der Waals surface area contributed by atoms with E-state index in [0.29, 0.717) is 49.1 Å². The Labute approximate surface area is 181 Å². The third-order valence-electron chi connectivity index (χ3n) is 5.14. The van der Waals surface area contributed by atoms with Gasteiger partial charge in [0.25, 0.3) is 0 Å². The zero-order valence-electron chi connectivity index (χ0n) is 17.3. The molecule has 2 aliphatic rings. The van der Waals surface area contributed by atoms with Crippen LogP contribution in [0.2, 0.25) is 0 Å². The number of anilines is 3. The predicted molar refractivity (Wildman–Crippen MR) is 120 cm³/mol. The van der Waals surface area contributed by atoms with Crippen LogP contribution in [0.15, 0.2) is 53.6 Å². The van der Waals surface area contributed by atoms with E-state index < -0.39 is 10.0 Å². The van der Waals surface area contributed by atoms with Gasteiger partial charge in [-0.2, -0.15) is 0 Å². The van der Waals surface area contributed by atoms with E-state index >= 15 is 0 Å². The molecule has 3 aromatic rings. The molecule has 31 heavy (non-hydrogen) atoms. The molecule has 0 aliphatic carbocycles. The van der Waals surface area contributed by atoms with E-state index in [1.165, 1.54) is 12.1 Å². The molecule has 0 fully saturated rings. The summed E-state index contributed by atoms with van der Waals surface area (Å²) in [4.78, 5) is 8.98. The molecule has 4 N–H and O–H groups in total. The normalized spacial score (nSPS) is 16.5. The number of sulfonamides is 1. The van der Waals surface area contributed by atoms with E-state index in [0.717, 1.165) is 23.2 Å². The molecular weight excluding hydrogens is 414 g/mol. The van der Waals surface area contributed by atoms with Gasteiger partial charge in [-0.15, -0.1) is 0 Å². The highest BCUT2D eigenvalue weighted by atomic mass is 32.2. The summed E-state index contributed by atoms with van der Waals surface area (Å²) in [7, 11) is -3.64. The molecule has 2 aromatic carbocycles. The average Bonchev–Trinajstić information content (AvgIpc) is 2.74. The van der Waals surface area contributed by atoms with Crippen molar-refractivity contribution in [3.05, 3.63) is 59.8 Å². The number of benzene rings is 2. The fourth-order valence-electron chi connectivity index (χ4n) is 3.35. The van der Waals surface area contributed by atoms with Crippen LogP contribution in [0.3, 0.4) is 0 Å². The van der Waals surface area contributed by atoms with Crippen LogP contribution in [0.5, 0.6) is 0 Å². The second-order valence-electron chi connectivity index (χ2n) is 7.44. The van der Waals surface area contributed by atoms with Crippen LogP contribution < -0.4 is 15.8 Å². The van der Waals surface area contributed by atoms with Crippen molar-refractivity contribution in [1.29, 1.82) is 0 Å². The Kier molecular flexibility index (Phi) is 6.17. The second-order valence-corrected chi connectivity index (χ2v) is 9.21. The molecule has 2 aliphatic heterocycles. The van der Waals surface area contributed by atoms with Gasteiger partial charge >= 0.3 is 0 Å². The molecule has 1 aromatic heterocycles. The summed E-state index contributed by atoms with van der Waals surface area (Å²) >= 11 is 0. The van der Waals surface area contributed by atoms with Gasteiger partial charge in [0, 0.05) is 36.3 Å². The predicted octanol–water partition coefficient (Wildman–Crippen LogP) is 3.37. The summed E-state index contributed by atoms with van der Waals surface area (Å²) in [6, 6.07) is 12.4. The minimum atomic E-state index is -3.64. The first-order valence-electron chi connectivity index (χ1n) is 10.1. The van der Waals surface area contributed by atoms with Gasteiger partial charge in [-0.05, 0) is 67.3 Å². The lowest BCUT2D eigenvalue weighted by atomic mass is 10.1. The van der Waals surface area contributed by atoms with Crippen molar-refractivity contribution in [3.63, 3.8) is 0 Å². The van der Waals surface area contributed by atoms with Gasteiger partial charge in [0.1, 0.15) is 0 Å². The van der Waals surface area contributed by atoms with Crippen LogP contribution in [-0.2, 0) is 21.4 Å². The molecular formula is C22H25N5O3S. The lowest BCUT2D eigenvalue weighted by Gasteiger charge is -2.12. The molecule has 9 heteroatoms. The molecule has 0 spiro atoms. The molecule has 0 atom stereocenters. The van der Waals surface area contributed by atoms with Crippen molar-refractivity contribution in [1.82, 2.24) is 14.7 Å². The monoisotopic (exact) mass is 439 g/mol. The lowest BCUT2D eigenvalue weighted by molar-refractivity contribution is 0.117. The highest BCUT2D eigenvalue weighted by Crippen LogP contribution is 2.28. The average molecular weight is 440 g/mol. The molecule has 8 nitrogen and oxygen atoms in total. The zero-order chi connectivity index (χ0) is 21.8. The first-order valence-corrected chi connectivity index (χ1v) is 11.6. The van der Waals surface area contributed by atoms with Gasteiger partial charge in [-0.25, -0.2) is 23.1 Å². The summed E-state index contributed by atoms with van der Waals surface area (Å²) in [5.41, 5.74) is 10.8. The highest BCUT2D eigenvalue weighted by molar-refractivity contribution is 7.89. The van der Waals surface area contributed by atoms with Crippen molar-refractivity contribution in [2.45, 2.75) is 31.3 Å². The number of nitrogen functional groups attached to an aromatic ring is 1. The summed E-state index contributed by atoms with van der Waals surface area (Å²) in [6.45, 7) is 3.40. The molecule has 162 valence electrons. The van der Waals surface area contributed by atoms with E-state index in [9.17, 15) is 8.42 Å². The molecule has 0 radical (unpaired) electrons. The van der Waals surface area contributed by atoms with Gasteiger partial charge in [-0.1, -0.05) is 6.07 Å². The van der Waals surface area contributed by atoms with Crippen LogP contribution in [-0.4, -0.2) is 31.5 Å². The lowest BCUT2D eigenvalue weighted by Crippen LogP contribution is -2.25. The molecule has 0 amide bonds. The maximum Gasteiger partial charge on any atom is 0.240 e. The van der Waals surface area contributed by atoms with Crippen molar-refractivity contribution in [3.8, 4) is 11.3 Å². The third-order valence-corrected chi connectivity index (χ3v) is 6.59. The first kappa shape index (κ1) is 21.2. The van der Waals surface area contributed by atoms with E-state index in [4.69, 9.17) is 10.5 Å². The molecule has 5 rings (SSSR count). The maximum atomic E-state index is 12.6. The summed E-state index contributed by atoms with van der Waals surface area (Å²) in [5.74, 6) is 0.420. The Hall–Kier alpha value is -3.01. The van der Waals surface area contributed by atoms with E-state index in [-0.39, 0.29) is 4.90 Å². The number of nitrogens with two attached hydrogens (primary N) is 1. The Morgan fingerprint density at radius 2 is 1.97 bits per heavy atom. The first-order chi connectivity index (χ1) is 14.9. The number of hydrogen-bond donors (Lipinski definition) is 3. The largest absolute Gasteiger partial charge is 0.398 e. The number of nitrogens with one attached hydrogen (secondary N) is 2. The minimum Gasteiger partial charge on any atom is -0.398 e. The standard InChI is InChI=1S/C22H25N5O3S/c1-15-4-5-17-12-16(15)14-30-11-3-2-9-25-31(28,29)18-6-7-19(20(23)13-18)21-8-10-24-22(26-17)27-21/h4-8,10,12-13,25H,2-3,9,11,14,23H2,1H3,(H,24,26,27). The molecule has 0 unspecified atom stereocenters. The van der Waals surface area contributed by atoms with Crippen LogP contribution in [0.1, 0.15) is 24.0 Å². The van der Waals surface area contributed by atoms with Gasteiger partial charge in [0.05, 0.1) is 17.2 Å². The fraction of sp³-hybridized carbons (Fsp3) is 0.273. The number of rotatable bonds is 0. The SMILES string of the molecule is Cc1ccc2cc1COCCCCNS(=O)(=O)c1ccc(c(N)c1)-c1ccnc(n1)N2. The number of aryl methyl sites for hydroxylation is 1. The Bertz CT molecular complexity index is 1200. The smallest absolute Gasteiger partial charge is 0.240 e. The van der Waals surface area contributed by atoms with E-state index in [2.05, 4.69) is 20.0 Å². The third kappa shape index (κ3) is 5.01. The quantitative estimate of drug-likeness (QED) is 0.460. The van der Waals surface area contributed by atoms with Crippen LogP contribution in [0.25, 0.3) is 11.3 Å². The van der Waals surface area contributed by atoms with Crippen molar-refractivity contribution < 1.29 is 13.2 Å². The maximum absolute atomic E-state index is 12.6. The molecule has 0 saturated carbocycles. The van der Waals surface area contributed by atoms with E-state index in [1.54, 1.807) is 18.3 Å². The Morgan fingerprint density at radius 3 is 2.81 bits per heavy atom. The van der Waals surface area contributed by atoms with Crippen molar-refractivity contribution in [2.75, 3.05) is 24.2 Å². The number of aromatic nitrogens is 2. The summed E-state index contributed by atoms with van der Waals surface area (Å²) < 4.78 is 33.6. The highest BCUT2D eigenvalue weighted by Gasteiger charge is 2.16. The topological polar surface area (TPSA) is 119 Å². The van der Waals surface area contributed by atoms with Gasteiger partial charge in [0.15, 0.2) is 0 Å². The van der Waals surface area contributed by atoms with Crippen LogP contribution in [0, 0.1) is 6.92 Å². The number of fused-ring (bicyclic) bond motifs is 9. The zero-order valence-corrected chi connectivity index (χ0v) is 18.1. The Balaban J connectivity index is 1.72. The molecule has 6 bridgehead atoms. The van der Waals surface area contributed by atoms with Gasteiger partial charge in [-0.3, -0.25) is 0 Å². The van der Waals surface area contributed by atoms with Crippen LogP contribution >= 0.6 is 0 Å². The Morgan fingerprint density at radius 1 is 1.10 bits per heavy atom. The van der Waals surface area contributed by atoms with E-state index in [1.807, 2.05) is 25.1 Å². The number of hydrogen-bond acceptors (Lipinski definition) is 7. The summed E-state index contributed by atoms with van der Waals surface area (Å²) in [6.07, 6.45) is 3.06. The number of nitrogens with zero attached hydrogens (tertiary/aromatic N) is 2. The van der Waals surface area contributed by atoms with Crippen molar-refractivity contribution in [2.24, 2.45) is 0 Å². The molecule has 3 heterocycles. The second kappa shape index (κ2) is 9.01. The van der Waals surface area contributed by atoms with Crippen molar-refractivity contribution >= 4 is 27.3 Å². The van der Waals surface area contributed by atoms with Gasteiger partial charge in [0.2, 0.25) is 16.0 Å². The molecule has 0 saturated heterocycles. The summed E-state index contributed by atoms with van der Waals surface area (Å²) in [5, 5.41) is 3.22. The number of ether oxygens (including phenoxy) is 1. The van der Waals surface area contributed by atoms with Crippen LogP contribution in [0.4, 0.5) is 17.3 Å².